The van der Waals surface area contributed by atoms with Crippen LogP contribution in [0, 0.1) is 0 Å². The van der Waals surface area contributed by atoms with Crippen LogP contribution in [0.4, 0.5) is 5.82 Å². The fourth-order valence-corrected chi connectivity index (χ4v) is 5.32. The largest absolute Gasteiger partial charge is 0.387 e. The third-order valence-electron chi connectivity index (χ3n) is 5.44. The molecule has 2 fully saturated rings. The van der Waals surface area contributed by atoms with Crippen molar-refractivity contribution in [2.45, 2.75) is 37.1 Å². The lowest BCUT2D eigenvalue weighted by Gasteiger charge is -2.29. The number of nitrogens with two attached hydrogens (primary N) is 1. The maximum absolute atomic E-state index is 10.6. The Hall–Kier alpha value is -1.66. The number of rotatable bonds is 5. The lowest BCUT2D eigenvalue weighted by Crippen LogP contribution is -2.33. The molecule has 2 saturated heterocycles. The van der Waals surface area contributed by atoms with Crippen LogP contribution >= 0.6 is 31.8 Å². The Bertz CT molecular complexity index is 1160. The van der Waals surface area contributed by atoms with Gasteiger partial charge in [-0.1, -0.05) is 23.2 Å². The summed E-state index contributed by atoms with van der Waals surface area (Å²) in [4.78, 5) is 12.2. The molecule has 5 rings (SSSR count). The van der Waals surface area contributed by atoms with Gasteiger partial charge in [-0.2, -0.15) is 0 Å². The number of imidazole rings is 1. The van der Waals surface area contributed by atoms with Gasteiger partial charge in [0.2, 0.25) is 0 Å². The predicted octanol–water partition coefficient (Wildman–Crippen LogP) is 2.76. The van der Waals surface area contributed by atoms with Crippen LogP contribution in [-0.4, -0.2) is 61.3 Å². The van der Waals surface area contributed by atoms with Gasteiger partial charge in [0.05, 0.1) is 25.6 Å². The first-order valence-corrected chi connectivity index (χ1v) is 11.9. The average Bonchev–Trinajstić information content (AvgIpc) is 3.36. The Kier molecular flexibility index (Phi) is 6.67. The molecule has 0 aliphatic carbocycles. The van der Waals surface area contributed by atoms with Crippen molar-refractivity contribution in [3.8, 4) is 0 Å². The normalized spacial score (nSPS) is 30.2. The number of ether oxygens (including phenoxy) is 1. The van der Waals surface area contributed by atoms with Crippen molar-refractivity contribution >= 4 is 48.8 Å². The van der Waals surface area contributed by atoms with Crippen LogP contribution in [0.5, 0.6) is 0 Å². The highest BCUT2D eigenvalue weighted by Crippen LogP contribution is 2.51. The standard InChI is InChI=1S/C19H20Cl2N5O6P/c20-9-1-2-11(21)10(5-9)12-3-4-29-33(32-12)30-6-13-15(27)16(28)19(31-13)26-8-25-14-17(22)23-7-24-18(14)26/h1-2,5,7-8,12-13,15-16,19,27-28H,3-4,6H2,(H2,22,23,24)/t12?,13-,15-,16-,19-,33?/m1/s1. The van der Waals surface area contributed by atoms with Crippen molar-refractivity contribution in [1.82, 2.24) is 19.5 Å². The van der Waals surface area contributed by atoms with E-state index >= 15 is 0 Å². The molecule has 2 aliphatic rings. The van der Waals surface area contributed by atoms with Gasteiger partial charge in [-0.25, -0.2) is 15.0 Å². The van der Waals surface area contributed by atoms with E-state index in [1.165, 1.54) is 17.2 Å². The molecule has 176 valence electrons. The first kappa shape index (κ1) is 23.1. The zero-order valence-corrected chi connectivity index (χ0v) is 19.4. The Morgan fingerprint density at radius 1 is 1.21 bits per heavy atom. The fourth-order valence-electron chi connectivity index (χ4n) is 3.75. The number of hydrogen-bond acceptors (Lipinski definition) is 10. The molecule has 4 heterocycles. The van der Waals surface area contributed by atoms with E-state index < -0.39 is 33.1 Å². The molecular weight excluding hydrogens is 496 g/mol. The Labute approximate surface area is 199 Å². The Morgan fingerprint density at radius 3 is 2.91 bits per heavy atom. The minimum Gasteiger partial charge on any atom is -0.387 e. The second-order valence-corrected chi connectivity index (χ2v) is 9.55. The van der Waals surface area contributed by atoms with Gasteiger partial charge in [0.1, 0.15) is 30.2 Å². The van der Waals surface area contributed by atoms with E-state index in [0.717, 1.165) is 5.56 Å². The molecule has 0 saturated carbocycles. The smallest absolute Gasteiger partial charge is 0.333 e. The topological polar surface area (TPSA) is 147 Å². The summed E-state index contributed by atoms with van der Waals surface area (Å²) in [6, 6.07) is 5.17. The molecular formula is C19H20Cl2N5O6P. The van der Waals surface area contributed by atoms with E-state index in [4.69, 9.17) is 47.2 Å². The van der Waals surface area contributed by atoms with Gasteiger partial charge >= 0.3 is 8.60 Å². The van der Waals surface area contributed by atoms with E-state index in [-0.39, 0.29) is 18.5 Å². The third-order valence-corrected chi connectivity index (χ3v) is 7.20. The van der Waals surface area contributed by atoms with Crippen molar-refractivity contribution < 1.29 is 28.5 Å². The van der Waals surface area contributed by atoms with E-state index in [2.05, 4.69) is 15.0 Å². The summed E-state index contributed by atoms with van der Waals surface area (Å²) >= 11 is 12.4. The number of fused-ring (bicyclic) bond motifs is 1. The van der Waals surface area contributed by atoms with Crippen molar-refractivity contribution in [2.24, 2.45) is 0 Å². The number of nitrogens with zero attached hydrogens (tertiary/aromatic N) is 4. The SMILES string of the molecule is Nc1ncnc2c1ncn2[C@@H]1O[C@H](COP2OCCC(c3cc(Cl)ccc3Cl)O2)[C@@H](O)[C@H]1O. The average molecular weight is 516 g/mol. The summed E-state index contributed by atoms with van der Waals surface area (Å²) in [6.45, 7) is 0.334. The number of aliphatic hydroxyl groups excluding tert-OH is 2. The molecule has 6 atom stereocenters. The zero-order chi connectivity index (χ0) is 23.1. The van der Waals surface area contributed by atoms with Crippen molar-refractivity contribution in [3.05, 3.63) is 46.5 Å². The Balaban J connectivity index is 1.24. The molecule has 14 heteroatoms. The highest BCUT2D eigenvalue weighted by Gasteiger charge is 2.45. The summed E-state index contributed by atoms with van der Waals surface area (Å²) in [6.07, 6.45) is -1.28. The first-order chi connectivity index (χ1) is 15.9. The number of halogens is 2. The van der Waals surface area contributed by atoms with Crippen LogP contribution in [0.3, 0.4) is 0 Å². The maximum Gasteiger partial charge on any atom is 0.333 e. The summed E-state index contributed by atoms with van der Waals surface area (Å²) in [7, 11) is -1.73. The highest BCUT2D eigenvalue weighted by atomic mass is 35.5. The zero-order valence-electron chi connectivity index (χ0n) is 17.0. The molecule has 3 aromatic rings. The van der Waals surface area contributed by atoms with Crippen LogP contribution in [0.1, 0.15) is 24.3 Å². The van der Waals surface area contributed by atoms with E-state index in [0.29, 0.717) is 34.2 Å². The molecule has 2 aromatic heterocycles. The summed E-state index contributed by atoms with van der Waals surface area (Å²) in [5, 5.41) is 22.2. The molecule has 11 nitrogen and oxygen atoms in total. The van der Waals surface area contributed by atoms with Gasteiger partial charge in [-0.3, -0.25) is 4.57 Å². The molecule has 0 bridgehead atoms. The summed E-state index contributed by atoms with van der Waals surface area (Å²) in [5.41, 5.74) is 7.33. The van der Waals surface area contributed by atoms with Crippen LogP contribution in [0.25, 0.3) is 11.2 Å². The maximum atomic E-state index is 10.6. The first-order valence-electron chi connectivity index (χ1n) is 10.0. The quantitative estimate of drug-likeness (QED) is 0.433. The summed E-state index contributed by atoms with van der Waals surface area (Å²) < 4.78 is 24.6. The van der Waals surface area contributed by atoms with Crippen LogP contribution in [0.2, 0.25) is 10.0 Å². The van der Waals surface area contributed by atoms with Gasteiger partial charge in [0.15, 0.2) is 17.7 Å². The van der Waals surface area contributed by atoms with Gasteiger partial charge < -0.3 is 34.3 Å². The number of hydrogen-bond donors (Lipinski definition) is 3. The van der Waals surface area contributed by atoms with Crippen molar-refractivity contribution in [2.75, 3.05) is 18.9 Å². The second kappa shape index (κ2) is 9.53. The highest BCUT2D eigenvalue weighted by molar-refractivity contribution is 7.41. The molecule has 0 radical (unpaired) electrons. The number of anilines is 1. The second-order valence-electron chi connectivity index (χ2n) is 7.53. The number of aromatic nitrogens is 4. The van der Waals surface area contributed by atoms with Crippen molar-refractivity contribution in [1.29, 1.82) is 0 Å². The van der Waals surface area contributed by atoms with Crippen LogP contribution in [-0.2, 0) is 18.3 Å². The van der Waals surface area contributed by atoms with Gasteiger partial charge in [-0.05, 0) is 18.2 Å². The molecule has 0 amide bonds. The molecule has 2 aliphatic heterocycles. The van der Waals surface area contributed by atoms with E-state index in [1.807, 2.05) is 0 Å². The Morgan fingerprint density at radius 2 is 2.06 bits per heavy atom. The minimum atomic E-state index is -1.73. The monoisotopic (exact) mass is 515 g/mol. The fraction of sp³-hybridized carbons (Fsp3) is 0.421. The number of nitrogen functional groups attached to an aromatic ring is 1. The molecule has 2 unspecified atom stereocenters. The molecule has 0 spiro atoms. The van der Waals surface area contributed by atoms with E-state index in [1.54, 1.807) is 18.2 Å². The molecule has 4 N–H and O–H groups in total. The van der Waals surface area contributed by atoms with Gasteiger partial charge in [0, 0.05) is 22.0 Å². The van der Waals surface area contributed by atoms with Gasteiger partial charge in [0.25, 0.3) is 0 Å². The van der Waals surface area contributed by atoms with Crippen LogP contribution < -0.4 is 5.73 Å². The molecule has 33 heavy (non-hydrogen) atoms. The predicted molar refractivity (Wildman–Crippen MR) is 119 cm³/mol. The van der Waals surface area contributed by atoms with Gasteiger partial charge in [-0.15, -0.1) is 0 Å². The van der Waals surface area contributed by atoms with Crippen molar-refractivity contribution in [3.63, 3.8) is 0 Å². The molecule has 1 aromatic carbocycles. The summed E-state index contributed by atoms with van der Waals surface area (Å²) in [5.74, 6) is 0.204. The third kappa shape index (κ3) is 4.53. The lowest BCUT2D eigenvalue weighted by atomic mass is 10.1. The lowest BCUT2D eigenvalue weighted by molar-refractivity contribution is -0.0529. The van der Waals surface area contributed by atoms with E-state index in [9.17, 15) is 10.2 Å². The number of aliphatic hydroxyl groups is 2. The minimum absolute atomic E-state index is 0.0693. The number of benzene rings is 1. The van der Waals surface area contributed by atoms with Crippen LogP contribution in [0.15, 0.2) is 30.9 Å².